The zero-order valence-corrected chi connectivity index (χ0v) is 60.3. The topological polar surface area (TPSA) is 330 Å². The molecule has 6 aliphatic rings. The molecule has 26 nitrogen and oxygen atoms in total. The van der Waals surface area contributed by atoms with Crippen LogP contribution in [-0.4, -0.2) is 237 Å². The number of carbonyl (C=O) groups excluding carboxylic acids is 3. The van der Waals surface area contributed by atoms with Gasteiger partial charge in [0.25, 0.3) is 0 Å². The van der Waals surface area contributed by atoms with Crippen molar-refractivity contribution in [1.29, 1.82) is 0 Å². The van der Waals surface area contributed by atoms with Gasteiger partial charge in [-0.2, -0.15) is 5.48 Å². The maximum Gasteiger partial charge on any atom is 0.411 e. The Labute approximate surface area is 585 Å². The van der Waals surface area contributed by atoms with E-state index in [4.69, 9.17) is 66.4 Å². The van der Waals surface area contributed by atoms with Crippen molar-refractivity contribution in [3.63, 3.8) is 0 Å². The molecule has 0 unspecified atom stereocenters. The summed E-state index contributed by atoms with van der Waals surface area (Å²) in [4.78, 5) is 48.2. The Balaban J connectivity index is 1.01. The largest absolute Gasteiger partial charge is 0.492 e. The van der Waals surface area contributed by atoms with Crippen molar-refractivity contribution in [2.75, 3.05) is 74.1 Å². The molecule has 4 fully saturated rings. The summed E-state index contributed by atoms with van der Waals surface area (Å²) in [5.41, 5.74) is 1.19. The number of halogens is 1. The molecule has 19 atom stereocenters. The molecule has 530 valence electrons. The lowest BCUT2D eigenvalue weighted by atomic mass is 9.75. The van der Waals surface area contributed by atoms with E-state index in [1.165, 1.54) is 44.3 Å². The number of ether oxygens (including phenoxy) is 13. The van der Waals surface area contributed by atoms with Gasteiger partial charge in [-0.25, -0.2) is 4.79 Å². The molecule has 4 aliphatic heterocycles. The Morgan fingerprint density at radius 1 is 0.865 bits per heavy atom. The van der Waals surface area contributed by atoms with Gasteiger partial charge in [-0.15, -0.1) is 0 Å². The Bertz CT molecular complexity index is 3210. The molecular formula is C66H89IN4O22S3. The van der Waals surface area contributed by atoms with E-state index < -0.39 is 127 Å². The fraction of sp³-hybridized carbons (Fsp3) is 0.621. The monoisotopic (exact) mass is 1510 g/mol. The number of alkyl carbamates (subject to hydrolysis) is 1. The highest BCUT2D eigenvalue weighted by Gasteiger charge is 2.52. The molecule has 2 aliphatic carbocycles. The Hall–Kier alpha value is -4.31. The minimum Gasteiger partial charge on any atom is -0.492 e. The number of aliphatic hydroxyl groups is 5. The normalized spacial score (nSPS) is 32.7. The van der Waals surface area contributed by atoms with Gasteiger partial charge in [-0.3, -0.25) is 19.7 Å². The van der Waals surface area contributed by atoms with Gasteiger partial charge < -0.3 is 97.7 Å². The van der Waals surface area contributed by atoms with Crippen LogP contribution >= 0.6 is 55.9 Å². The number of carbonyl (C=O) groups is 3. The fourth-order valence-electron chi connectivity index (χ4n) is 11.8. The number of nitrogens with one attached hydrogen (secondary N) is 4. The highest BCUT2D eigenvalue weighted by Crippen LogP contribution is 2.49. The van der Waals surface area contributed by atoms with Crippen molar-refractivity contribution in [1.82, 2.24) is 21.4 Å². The van der Waals surface area contributed by atoms with Crippen molar-refractivity contribution >= 4 is 72.9 Å². The van der Waals surface area contributed by atoms with Crippen LogP contribution in [0.1, 0.15) is 76.7 Å². The number of hydrogen-bond donors (Lipinski definition) is 9. The lowest BCUT2D eigenvalue weighted by molar-refractivity contribution is -0.336. The number of benzene rings is 2. The minimum atomic E-state index is -2.11. The van der Waals surface area contributed by atoms with Gasteiger partial charge in [0.2, 0.25) is 17.2 Å². The SMILES string of the molecule is CCN[C@H]1CO[C@@H](O[C@H]2[C@H](O[C@H]3C#CC=CC#C[C@]4(O)CC(=O)C(NC(=O)OC)=C3/C4=C\CSSC(C)(C)CNCCOc3ccccc3)O[C@H](C)[C@@H](NO[C@H]3C[C@H](O)[C@H](SC(=O)c4c(C)c(I)c(O[C@@H]5O[C@@H](C)[C@H](O)[C@@H](OC)[C@H]5O)c(OC)c4OC)[C@@H](C)O3)[C@@H]2O)C[C@@H]1OC. The van der Waals surface area contributed by atoms with Crippen molar-refractivity contribution < 1.29 is 106 Å². The second kappa shape index (κ2) is 35.8. The van der Waals surface area contributed by atoms with Gasteiger partial charge in [-0.1, -0.05) is 88.2 Å². The third-order valence-electron chi connectivity index (χ3n) is 16.8. The average molecular weight is 1510 g/mol. The number of ketones is 1. The van der Waals surface area contributed by atoms with Crippen molar-refractivity contribution in [2.24, 2.45) is 0 Å². The molecule has 4 heterocycles. The molecule has 0 saturated carbocycles. The second-order valence-electron chi connectivity index (χ2n) is 24.0. The summed E-state index contributed by atoms with van der Waals surface area (Å²) in [5, 5.41) is 66.8. The van der Waals surface area contributed by atoms with Crippen molar-refractivity contribution in [3.8, 4) is 46.7 Å². The third kappa shape index (κ3) is 19.0. The van der Waals surface area contributed by atoms with E-state index in [1.807, 2.05) is 59.8 Å². The summed E-state index contributed by atoms with van der Waals surface area (Å²) in [5.74, 6) is 12.2. The lowest BCUT2D eigenvalue weighted by Gasteiger charge is -2.46. The molecule has 0 radical (unpaired) electrons. The molecule has 0 aromatic heterocycles. The molecule has 4 saturated heterocycles. The van der Waals surface area contributed by atoms with Crippen molar-refractivity contribution in [3.05, 3.63) is 80.1 Å². The van der Waals surface area contributed by atoms with Gasteiger partial charge in [0.05, 0.1) is 97.0 Å². The number of amides is 1. The summed E-state index contributed by atoms with van der Waals surface area (Å²) in [7, 11) is 9.89. The summed E-state index contributed by atoms with van der Waals surface area (Å²) in [6.07, 6.45) is -14.1. The summed E-state index contributed by atoms with van der Waals surface area (Å²) in [6, 6.07) is 8.25. The first kappa shape index (κ1) is 77.4. The Kier molecular flexibility index (Phi) is 28.9. The molecular weight excluding hydrogens is 1420 g/mol. The quantitative estimate of drug-likeness (QED) is 0.0188. The van der Waals surface area contributed by atoms with Crippen molar-refractivity contribution in [2.45, 2.75) is 188 Å². The van der Waals surface area contributed by atoms with Gasteiger partial charge in [0.15, 0.2) is 41.8 Å². The van der Waals surface area contributed by atoms with Crippen LogP contribution < -0.4 is 40.4 Å². The van der Waals surface area contributed by atoms with Crippen LogP contribution in [0, 0.1) is 34.2 Å². The first-order chi connectivity index (χ1) is 45.9. The van der Waals surface area contributed by atoms with Crippen LogP contribution in [0.3, 0.4) is 0 Å². The number of Topliss-reactive ketones (excluding diaryl/α,β-unsaturated/α-hetero) is 1. The van der Waals surface area contributed by atoms with E-state index >= 15 is 0 Å². The van der Waals surface area contributed by atoms with E-state index in [9.17, 15) is 39.9 Å². The molecule has 2 aromatic rings. The van der Waals surface area contributed by atoms with E-state index in [-0.39, 0.29) is 81.7 Å². The van der Waals surface area contributed by atoms with E-state index in [0.29, 0.717) is 35.4 Å². The van der Waals surface area contributed by atoms with Crippen LogP contribution in [0.2, 0.25) is 0 Å². The number of aliphatic hydroxyl groups excluding tert-OH is 4. The minimum absolute atomic E-state index is 0.0225. The molecule has 1 amide bonds. The number of allylic oxidation sites excluding steroid dienone is 3. The van der Waals surface area contributed by atoms with Crippen LogP contribution in [0.25, 0.3) is 0 Å². The van der Waals surface area contributed by atoms with E-state index in [2.05, 4.69) is 59.0 Å². The molecule has 8 rings (SSSR count). The average Bonchev–Trinajstić information content (AvgIpc) is 0.794. The predicted octanol–water partition coefficient (Wildman–Crippen LogP) is 4.37. The third-order valence-corrected chi connectivity index (χ3v) is 22.6. The Morgan fingerprint density at radius 2 is 1.59 bits per heavy atom. The van der Waals surface area contributed by atoms with Crippen LogP contribution in [-0.2, 0) is 52.3 Å². The summed E-state index contributed by atoms with van der Waals surface area (Å²) >= 11 is 2.83. The first-order valence-corrected chi connectivity index (χ1v) is 35.8. The van der Waals surface area contributed by atoms with E-state index in [0.717, 1.165) is 24.6 Å². The number of fused-ring (bicyclic) bond motifs is 2. The predicted molar refractivity (Wildman–Crippen MR) is 365 cm³/mol. The highest BCUT2D eigenvalue weighted by atomic mass is 127. The highest BCUT2D eigenvalue weighted by molar-refractivity contribution is 14.1. The van der Waals surface area contributed by atoms with Gasteiger partial charge in [-0.05, 0) is 101 Å². The number of thioether (sulfide) groups is 1. The number of para-hydroxylation sites is 1. The summed E-state index contributed by atoms with van der Waals surface area (Å²) < 4.78 is 78.7. The number of hydroxylamine groups is 1. The maximum absolute atomic E-state index is 14.5. The van der Waals surface area contributed by atoms with Gasteiger partial charge in [0, 0.05) is 61.8 Å². The Morgan fingerprint density at radius 3 is 2.28 bits per heavy atom. The second-order valence-corrected chi connectivity index (χ2v) is 29.3. The first-order valence-electron chi connectivity index (χ1n) is 31.5. The number of likely N-dealkylation sites (N-methyl/N-ethyl adjacent to an activating group) is 1. The standard InChI is InChI=1S/C66H89IN4O22S3/c1-13-69-40-32-86-45(30-44(40)80-8)91-58-53(75)50(71-93-46-29-41(72)60(37(5)87-46)95-61(77)47-34(2)49(67)56(59(83-11)55(47)81-9)92-62-54(76)57(82-10)52(74)36(4)89-62)35(3)88-63(58)90-43-23-19-14-15-20-25-66(79)31-42(73)51(70-64(78)84-12)48(43)39(66)24-28-94-96-65(6,7)33-68-26-27-85-38-21-17-16-18-22-38/h14-18,21-22,24,35-37,40-41,43-46,50,52-54,57-58,60,62-63,68-69,71-72,74-76,79H,13,26-33H2,1-12H3,(H,70,78)/b15-14?,39-24+/t35-,36+,37-,40+,41+,43+,44+,45+,46+,50-,52+,53+,54-,57-,58-,60-,62+,63+,66+/m1/s1. The molecule has 30 heteroatoms. The smallest absolute Gasteiger partial charge is 0.411 e. The zero-order chi connectivity index (χ0) is 69.6. The molecule has 96 heavy (non-hydrogen) atoms. The van der Waals surface area contributed by atoms with Gasteiger partial charge >= 0.3 is 6.09 Å². The number of rotatable bonds is 28. The molecule has 2 aromatic carbocycles. The van der Waals surface area contributed by atoms with E-state index in [1.54, 1.807) is 51.7 Å². The van der Waals surface area contributed by atoms with Gasteiger partial charge in [0.1, 0.15) is 49.0 Å². The molecule has 2 bridgehead atoms. The van der Waals surface area contributed by atoms with Crippen LogP contribution in [0.5, 0.6) is 23.0 Å². The summed E-state index contributed by atoms with van der Waals surface area (Å²) in [6.45, 7) is 15.3. The van der Waals surface area contributed by atoms with Crippen LogP contribution in [0.15, 0.2) is 65.4 Å². The lowest BCUT2D eigenvalue weighted by Crippen LogP contribution is -2.65. The van der Waals surface area contributed by atoms with Crippen LogP contribution in [0.4, 0.5) is 4.79 Å². The fourth-order valence-corrected chi connectivity index (χ4v) is 15.9. The molecule has 9 N–H and O–H groups in total. The molecule has 0 spiro atoms. The zero-order valence-electron chi connectivity index (χ0n) is 55.7. The number of hydrogen-bond acceptors (Lipinski definition) is 28. The maximum atomic E-state index is 14.5. The number of methoxy groups -OCH3 is 5.